The Morgan fingerprint density at radius 3 is 2.88 bits per heavy atom. The first kappa shape index (κ1) is 12.8. The molecule has 0 spiro atoms. The highest BCUT2D eigenvalue weighted by atomic mass is 16.5. The first-order valence-electron chi connectivity index (χ1n) is 6.70. The molecule has 2 fully saturated rings. The number of hydrogen-bond acceptors (Lipinski definition) is 4. The Hall–Kier alpha value is -0.630. The molecule has 1 aliphatic heterocycles. The van der Waals surface area contributed by atoms with Gasteiger partial charge < -0.3 is 9.64 Å². The molecule has 17 heavy (non-hydrogen) atoms. The van der Waals surface area contributed by atoms with Gasteiger partial charge in [0.1, 0.15) is 6.04 Å². The van der Waals surface area contributed by atoms with Crippen molar-refractivity contribution in [3.63, 3.8) is 0 Å². The highest BCUT2D eigenvalue weighted by Gasteiger charge is 2.25. The Morgan fingerprint density at radius 1 is 1.47 bits per heavy atom. The van der Waals surface area contributed by atoms with Crippen LogP contribution in [0.1, 0.15) is 25.7 Å². The van der Waals surface area contributed by atoms with E-state index in [1.54, 1.807) is 0 Å². The summed E-state index contributed by atoms with van der Waals surface area (Å²) in [6.07, 6.45) is 4.91. The van der Waals surface area contributed by atoms with Crippen LogP contribution < -0.4 is 5.32 Å². The van der Waals surface area contributed by atoms with Gasteiger partial charge in [0, 0.05) is 25.7 Å². The van der Waals surface area contributed by atoms with Crippen molar-refractivity contribution >= 4 is 0 Å². The number of nitrogens with one attached hydrogen (secondary N) is 1. The van der Waals surface area contributed by atoms with Crippen molar-refractivity contribution in [3.05, 3.63) is 0 Å². The molecule has 1 saturated heterocycles. The summed E-state index contributed by atoms with van der Waals surface area (Å²) in [6.45, 7) is 3.68. The smallest absolute Gasteiger partial charge is 0.108 e. The summed E-state index contributed by atoms with van der Waals surface area (Å²) in [5, 5.41) is 12.5. The van der Waals surface area contributed by atoms with Crippen LogP contribution >= 0.6 is 0 Å². The normalized spacial score (nSPS) is 26.8. The molecule has 1 N–H and O–H groups in total. The molecule has 4 heteroatoms. The van der Waals surface area contributed by atoms with E-state index in [0.29, 0.717) is 12.0 Å². The van der Waals surface area contributed by atoms with E-state index in [1.165, 1.54) is 25.7 Å². The fourth-order valence-corrected chi connectivity index (χ4v) is 2.44. The Labute approximate surface area is 104 Å². The highest BCUT2D eigenvalue weighted by Crippen LogP contribution is 2.19. The van der Waals surface area contributed by atoms with Gasteiger partial charge in [-0.1, -0.05) is 0 Å². The van der Waals surface area contributed by atoms with Crippen molar-refractivity contribution in [2.24, 2.45) is 5.92 Å². The summed E-state index contributed by atoms with van der Waals surface area (Å²) in [6, 6.07) is 2.94. The SMILES string of the molecule is CN(CC1CCCOC1)CC(C#N)NC1CC1. The molecule has 0 aromatic rings. The van der Waals surface area contributed by atoms with Gasteiger partial charge in [-0.25, -0.2) is 0 Å². The molecule has 96 valence electrons. The van der Waals surface area contributed by atoms with Crippen LogP contribution in [-0.2, 0) is 4.74 Å². The average molecular weight is 237 g/mol. The zero-order valence-corrected chi connectivity index (χ0v) is 10.7. The van der Waals surface area contributed by atoms with Crippen LogP contribution in [-0.4, -0.2) is 50.3 Å². The Bertz CT molecular complexity index is 266. The molecule has 2 rings (SSSR count). The molecular formula is C13H23N3O. The van der Waals surface area contributed by atoms with E-state index < -0.39 is 0 Å². The van der Waals surface area contributed by atoms with Crippen LogP contribution in [0.2, 0.25) is 0 Å². The number of hydrogen-bond donors (Lipinski definition) is 1. The van der Waals surface area contributed by atoms with Gasteiger partial charge in [-0.05, 0) is 38.6 Å². The van der Waals surface area contributed by atoms with Crippen molar-refractivity contribution in [2.75, 3.05) is 33.4 Å². The molecule has 0 aromatic heterocycles. The standard InChI is InChI=1S/C13H23N3O/c1-16(8-11-3-2-6-17-10-11)9-13(7-14)15-12-4-5-12/h11-13,15H,2-6,8-10H2,1H3. The summed E-state index contributed by atoms with van der Waals surface area (Å²) in [7, 11) is 2.10. The number of nitriles is 1. The van der Waals surface area contributed by atoms with Gasteiger partial charge in [0.05, 0.1) is 12.7 Å². The number of nitrogens with zero attached hydrogens (tertiary/aromatic N) is 2. The zero-order valence-electron chi connectivity index (χ0n) is 10.7. The fourth-order valence-electron chi connectivity index (χ4n) is 2.44. The lowest BCUT2D eigenvalue weighted by Gasteiger charge is -2.28. The van der Waals surface area contributed by atoms with Gasteiger partial charge in [0.15, 0.2) is 0 Å². The second-order valence-corrected chi connectivity index (χ2v) is 5.43. The van der Waals surface area contributed by atoms with Crippen molar-refractivity contribution in [1.29, 1.82) is 5.26 Å². The van der Waals surface area contributed by atoms with Gasteiger partial charge in [-0.3, -0.25) is 5.32 Å². The van der Waals surface area contributed by atoms with E-state index >= 15 is 0 Å². The topological polar surface area (TPSA) is 48.3 Å². The third kappa shape index (κ3) is 4.63. The molecule has 0 amide bonds. The fraction of sp³-hybridized carbons (Fsp3) is 0.923. The lowest BCUT2D eigenvalue weighted by Crippen LogP contribution is -2.42. The van der Waals surface area contributed by atoms with Crippen LogP contribution in [0.25, 0.3) is 0 Å². The third-order valence-corrected chi connectivity index (χ3v) is 3.49. The van der Waals surface area contributed by atoms with Gasteiger partial charge in [-0.15, -0.1) is 0 Å². The molecule has 2 atom stereocenters. The molecule has 0 radical (unpaired) electrons. The lowest BCUT2D eigenvalue weighted by atomic mass is 10.0. The molecule has 2 unspecified atom stereocenters. The molecule has 0 aromatic carbocycles. The minimum atomic E-state index is -0.0167. The van der Waals surface area contributed by atoms with Crippen molar-refractivity contribution in [3.8, 4) is 6.07 Å². The predicted molar refractivity (Wildman–Crippen MR) is 66.6 cm³/mol. The first-order valence-corrected chi connectivity index (χ1v) is 6.70. The second kappa shape index (κ2) is 6.34. The summed E-state index contributed by atoms with van der Waals surface area (Å²) < 4.78 is 5.48. The van der Waals surface area contributed by atoms with E-state index in [9.17, 15) is 0 Å². The average Bonchev–Trinajstić information content (AvgIpc) is 3.13. The quantitative estimate of drug-likeness (QED) is 0.748. The van der Waals surface area contributed by atoms with Gasteiger partial charge >= 0.3 is 0 Å². The molecule has 4 nitrogen and oxygen atoms in total. The maximum Gasteiger partial charge on any atom is 0.108 e. The van der Waals surface area contributed by atoms with Gasteiger partial charge in [0.25, 0.3) is 0 Å². The van der Waals surface area contributed by atoms with E-state index in [4.69, 9.17) is 10.00 Å². The first-order chi connectivity index (χ1) is 8.28. The molecule has 2 aliphatic rings. The van der Waals surface area contributed by atoms with Crippen LogP contribution in [0.4, 0.5) is 0 Å². The van der Waals surface area contributed by atoms with Crippen LogP contribution in [0.15, 0.2) is 0 Å². The molecule has 0 bridgehead atoms. The van der Waals surface area contributed by atoms with Crippen molar-refractivity contribution < 1.29 is 4.74 Å². The maximum absolute atomic E-state index is 9.09. The largest absolute Gasteiger partial charge is 0.381 e. The summed E-state index contributed by atoms with van der Waals surface area (Å²) in [4.78, 5) is 2.27. The summed E-state index contributed by atoms with van der Waals surface area (Å²) >= 11 is 0. The van der Waals surface area contributed by atoms with Crippen molar-refractivity contribution in [1.82, 2.24) is 10.2 Å². The number of rotatable bonds is 6. The maximum atomic E-state index is 9.09. The zero-order chi connectivity index (χ0) is 12.1. The van der Waals surface area contributed by atoms with E-state index in [0.717, 1.165) is 26.3 Å². The monoisotopic (exact) mass is 237 g/mol. The third-order valence-electron chi connectivity index (χ3n) is 3.49. The molecule has 1 aliphatic carbocycles. The molecular weight excluding hydrogens is 214 g/mol. The molecule has 1 heterocycles. The minimum Gasteiger partial charge on any atom is -0.381 e. The Balaban J connectivity index is 1.67. The summed E-state index contributed by atoms with van der Waals surface area (Å²) in [5.41, 5.74) is 0. The predicted octanol–water partition coefficient (Wildman–Crippen LogP) is 0.989. The Kier molecular flexibility index (Phi) is 4.78. The van der Waals surface area contributed by atoms with E-state index in [-0.39, 0.29) is 6.04 Å². The Morgan fingerprint density at radius 2 is 2.29 bits per heavy atom. The number of likely N-dealkylation sites (N-methyl/N-ethyl adjacent to an activating group) is 1. The minimum absolute atomic E-state index is 0.0167. The van der Waals surface area contributed by atoms with E-state index in [1.807, 2.05) is 0 Å². The highest BCUT2D eigenvalue weighted by molar-refractivity contribution is 4.97. The van der Waals surface area contributed by atoms with Gasteiger partial charge in [0.2, 0.25) is 0 Å². The number of ether oxygens (including phenoxy) is 1. The molecule has 1 saturated carbocycles. The van der Waals surface area contributed by atoms with Crippen LogP contribution in [0.5, 0.6) is 0 Å². The van der Waals surface area contributed by atoms with Gasteiger partial charge in [-0.2, -0.15) is 5.26 Å². The van der Waals surface area contributed by atoms with Crippen LogP contribution in [0, 0.1) is 17.2 Å². The summed E-state index contributed by atoms with van der Waals surface area (Å²) in [5.74, 6) is 0.647. The van der Waals surface area contributed by atoms with Crippen LogP contribution in [0.3, 0.4) is 0 Å². The van der Waals surface area contributed by atoms with Crippen molar-refractivity contribution in [2.45, 2.75) is 37.8 Å². The second-order valence-electron chi connectivity index (χ2n) is 5.43. The lowest BCUT2D eigenvalue weighted by molar-refractivity contribution is 0.0415. The van der Waals surface area contributed by atoms with E-state index in [2.05, 4.69) is 23.3 Å².